The average Bonchev–Trinajstić information content (AvgIpc) is 3.63. The Morgan fingerprint density at radius 1 is 1.10 bits per heavy atom. The number of hydrogen-bond donors (Lipinski definition) is 3. The van der Waals surface area contributed by atoms with Crippen molar-refractivity contribution < 1.29 is 28.8 Å². The monoisotopic (exact) mass is 692 g/mol. The highest BCUT2D eigenvalue weighted by molar-refractivity contribution is 6.38. The van der Waals surface area contributed by atoms with Gasteiger partial charge in [0.1, 0.15) is 12.1 Å². The Bertz CT molecular complexity index is 1650. The maximum atomic E-state index is 14.5. The Labute approximate surface area is 291 Å². The molecule has 3 N–H and O–H groups in total. The van der Waals surface area contributed by atoms with Crippen molar-refractivity contribution in [3.63, 3.8) is 0 Å². The van der Waals surface area contributed by atoms with E-state index in [2.05, 4.69) is 26.1 Å². The number of ketones is 1. The van der Waals surface area contributed by atoms with Crippen LogP contribution in [0.25, 0.3) is 0 Å². The fourth-order valence-corrected chi connectivity index (χ4v) is 6.54. The van der Waals surface area contributed by atoms with E-state index in [9.17, 15) is 24.0 Å². The number of carbonyl (C=O) groups excluding carboxylic acids is 5. The van der Waals surface area contributed by atoms with Crippen LogP contribution in [0.3, 0.4) is 0 Å². The van der Waals surface area contributed by atoms with E-state index in [4.69, 9.17) is 16.4 Å². The van der Waals surface area contributed by atoms with Crippen LogP contribution < -0.4 is 16.0 Å². The molecule has 1 saturated carbocycles. The number of hydrogen-bond acceptors (Lipinski definition) is 8. The summed E-state index contributed by atoms with van der Waals surface area (Å²) in [4.78, 5) is 79.5. The molecule has 3 heterocycles. The number of halogens is 1. The summed E-state index contributed by atoms with van der Waals surface area (Å²) < 4.78 is 0. The average molecular weight is 693 g/mol. The van der Waals surface area contributed by atoms with Crippen molar-refractivity contribution >= 4 is 46.7 Å². The topological polar surface area (TPSA) is 159 Å². The van der Waals surface area contributed by atoms with Crippen molar-refractivity contribution in [2.45, 2.75) is 109 Å². The summed E-state index contributed by atoms with van der Waals surface area (Å²) in [6.45, 7) is 9.23. The normalized spacial score (nSPS) is 21.4. The van der Waals surface area contributed by atoms with Gasteiger partial charge in [0.15, 0.2) is 5.60 Å². The molecule has 2 aromatic rings. The van der Waals surface area contributed by atoms with Crippen LogP contribution in [0, 0.1) is 12.3 Å². The van der Waals surface area contributed by atoms with Crippen LogP contribution >= 0.6 is 11.6 Å². The highest BCUT2D eigenvalue weighted by Gasteiger charge is 2.55. The zero-order chi connectivity index (χ0) is 35.5. The lowest BCUT2D eigenvalue weighted by atomic mass is 9.85. The molecule has 2 fully saturated rings. The Balaban J connectivity index is 1.40. The molecule has 4 atom stereocenters. The van der Waals surface area contributed by atoms with E-state index in [1.807, 2.05) is 46.8 Å². The van der Waals surface area contributed by atoms with Crippen molar-refractivity contribution in [3.8, 4) is 0 Å². The highest BCUT2D eigenvalue weighted by Crippen LogP contribution is 2.40. The van der Waals surface area contributed by atoms with Crippen LogP contribution in [0.2, 0.25) is 5.02 Å². The smallest absolute Gasteiger partial charge is 0.289 e. The SMILES string of the molecule is CCC[C@H](NC(=O)[C@@H]1C[C@]2(CC(c3cccc(Cl)c3)=NO2)CN1C(=O)[C@@H](NC(=O)Cc1ccnc(C)c1)C(C)(C)C)C(=O)C(=O)NC1CC1. The summed E-state index contributed by atoms with van der Waals surface area (Å²) in [5.74, 6) is -2.85. The van der Waals surface area contributed by atoms with Gasteiger partial charge < -0.3 is 25.7 Å². The molecule has 0 bridgehead atoms. The van der Waals surface area contributed by atoms with Gasteiger partial charge in [-0.25, -0.2) is 0 Å². The second-order valence-corrected chi connectivity index (χ2v) is 14.9. The number of likely N-dealkylation sites (tertiary alicyclic amines) is 1. The molecule has 4 amide bonds. The molecule has 0 unspecified atom stereocenters. The van der Waals surface area contributed by atoms with Gasteiger partial charge in [-0.15, -0.1) is 0 Å². The number of nitrogens with one attached hydrogen (secondary N) is 3. The molecule has 3 aliphatic rings. The molecular weight excluding hydrogens is 648 g/mol. The van der Waals surface area contributed by atoms with E-state index >= 15 is 0 Å². The standard InChI is InChI=1S/C36H45ClN6O6/c1-6-8-26(30(45)33(47)39-25-11-12-25)40-32(46)28-19-36(18-27(42-49-36)23-9-7-10-24(37)17-23)20-43(28)34(48)31(35(3,4)5)41-29(44)16-22-13-14-38-21(2)15-22/h7,9-10,13-15,17,25-26,28,31H,6,8,11-12,16,18-20H2,1-5H3,(H,39,47)(H,40,46)(H,41,44)/t26-,28-,31+,36+/m0/s1. The summed E-state index contributed by atoms with van der Waals surface area (Å²) in [7, 11) is 0. The van der Waals surface area contributed by atoms with Crippen LogP contribution in [-0.4, -0.2) is 81.3 Å². The van der Waals surface area contributed by atoms with Crippen LogP contribution in [0.15, 0.2) is 47.8 Å². The largest absolute Gasteiger partial charge is 0.387 e. The van der Waals surface area contributed by atoms with Gasteiger partial charge in [-0.1, -0.05) is 63.0 Å². The Morgan fingerprint density at radius 3 is 2.51 bits per heavy atom. The molecule has 0 radical (unpaired) electrons. The van der Waals surface area contributed by atoms with Gasteiger partial charge in [-0.05, 0) is 61.4 Å². The number of nitrogens with zero attached hydrogens (tertiary/aromatic N) is 3. The van der Waals surface area contributed by atoms with Gasteiger partial charge in [0.2, 0.25) is 23.5 Å². The minimum absolute atomic E-state index is 0.0119. The van der Waals surface area contributed by atoms with Crippen LogP contribution in [-0.2, 0) is 35.2 Å². The number of oxime groups is 1. The van der Waals surface area contributed by atoms with Crippen molar-refractivity contribution in [2.75, 3.05) is 6.54 Å². The predicted octanol–water partition coefficient (Wildman–Crippen LogP) is 3.41. The van der Waals surface area contributed by atoms with Gasteiger partial charge >= 0.3 is 0 Å². The lowest BCUT2D eigenvalue weighted by Crippen LogP contribution is -2.59. The number of Topliss-reactive ketones (excluding diaryl/α,β-unsaturated/α-hetero) is 1. The highest BCUT2D eigenvalue weighted by atomic mass is 35.5. The van der Waals surface area contributed by atoms with Crippen LogP contribution in [0.5, 0.6) is 0 Å². The molecule has 2 aliphatic heterocycles. The third kappa shape index (κ3) is 8.83. The third-order valence-corrected chi connectivity index (χ3v) is 9.31. The number of benzene rings is 1. The molecule has 1 aliphatic carbocycles. The first kappa shape index (κ1) is 36.0. The minimum Gasteiger partial charge on any atom is -0.387 e. The van der Waals surface area contributed by atoms with Gasteiger partial charge in [-0.3, -0.25) is 29.0 Å². The quantitative estimate of drug-likeness (QED) is 0.288. The van der Waals surface area contributed by atoms with E-state index in [-0.39, 0.29) is 37.8 Å². The Hall–Kier alpha value is -4.32. The summed E-state index contributed by atoms with van der Waals surface area (Å²) in [5, 5.41) is 13.3. The van der Waals surface area contributed by atoms with Gasteiger partial charge in [0, 0.05) is 41.4 Å². The Kier molecular flexibility index (Phi) is 10.8. The van der Waals surface area contributed by atoms with Crippen molar-refractivity contribution in [3.05, 3.63) is 64.4 Å². The van der Waals surface area contributed by atoms with E-state index in [1.54, 1.807) is 30.5 Å². The third-order valence-electron chi connectivity index (χ3n) is 9.07. The fraction of sp³-hybridized carbons (Fsp3) is 0.528. The second-order valence-electron chi connectivity index (χ2n) is 14.5. The van der Waals surface area contributed by atoms with Crippen LogP contribution in [0.4, 0.5) is 0 Å². The van der Waals surface area contributed by atoms with Crippen molar-refractivity contribution in [1.82, 2.24) is 25.8 Å². The first-order valence-electron chi connectivity index (χ1n) is 16.9. The van der Waals surface area contributed by atoms with Crippen molar-refractivity contribution in [2.24, 2.45) is 10.6 Å². The molecule has 5 rings (SSSR count). The molecule has 12 nitrogen and oxygen atoms in total. The van der Waals surface area contributed by atoms with Gasteiger partial charge in [0.25, 0.3) is 5.91 Å². The van der Waals surface area contributed by atoms with E-state index < -0.39 is 52.6 Å². The molecule has 13 heteroatoms. The van der Waals surface area contributed by atoms with Gasteiger partial charge in [0.05, 0.1) is 24.7 Å². The molecule has 1 aromatic carbocycles. The molecule has 1 aromatic heterocycles. The lowest BCUT2D eigenvalue weighted by molar-refractivity contribution is -0.145. The van der Waals surface area contributed by atoms with E-state index in [1.165, 1.54) is 4.90 Å². The summed E-state index contributed by atoms with van der Waals surface area (Å²) in [5.41, 5.74) is 1.13. The molecule has 49 heavy (non-hydrogen) atoms. The van der Waals surface area contributed by atoms with Crippen molar-refractivity contribution in [1.29, 1.82) is 0 Å². The summed E-state index contributed by atoms with van der Waals surface area (Å²) >= 11 is 6.24. The van der Waals surface area contributed by atoms with Gasteiger partial charge in [-0.2, -0.15) is 0 Å². The summed E-state index contributed by atoms with van der Waals surface area (Å²) in [6.07, 6.45) is 4.49. The number of aryl methyl sites for hydroxylation is 1. The zero-order valence-corrected chi connectivity index (χ0v) is 29.4. The number of carbonyl (C=O) groups is 5. The predicted molar refractivity (Wildman–Crippen MR) is 184 cm³/mol. The molecule has 262 valence electrons. The number of rotatable bonds is 12. The van der Waals surface area contributed by atoms with Crippen LogP contribution in [0.1, 0.15) is 83.0 Å². The maximum Gasteiger partial charge on any atom is 0.289 e. The maximum absolute atomic E-state index is 14.5. The first-order valence-corrected chi connectivity index (χ1v) is 17.2. The molecule has 1 saturated heterocycles. The van der Waals surface area contributed by atoms with E-state index in [0.717, 1.165) is 29.7 Å². The zero-order valence-electron chi connectivity index (χ0n) is 28.7. The minimum atomic E-state index is -1.07. The second kappa shape index (κ2) is 14.7. The fourth-order valence-electron chi connectivity index (χ4n) is 6.35. The number of amides is 4. The number of aromatic nitrogens is 1. The first-order chi connectivity index (χ1) is 23.2. The van der Waals surface area contributed by atoms with E-state index in [0.29, 0.717) is 23.6 Å². The molecule has 1 spiro atoms. The molecular formula is C36H45ClN6O6. The lowest BCUT2D eigenvalue weighted by Gasteiger charge is -2.35. The summed E-state index contributed by atoms with van der Waals surface area (Å²) in [6, 6.07) is 7.61. The Morgan fingerprint density at radius 2 is 1.86 bits per heavy atom. The number of pyridine rings is 1.